The first kappa shape index (κ1) is 22.3. The molecule has 0 saturated heterocycles. The molecule has 4 N–H and O–H groups in total. The molecule has 1 atom stereocenters. The fraction of sp³-hybridized carbons (Fsp3) is 0.154. The lowest BCUT2D eigenvalue weighted by molar-refractivity contribution is 0.0913. The highest BCUT2D eigenvalue weighted by Crippen LogP contribution is 2.32. The first-order valence-electron chi connectivity index (χ1n) is 10.5. The molecule has 0 radical (unpaired) electrons. The predicted molar refractivity (Wildman–Crippen MR) is 128 cm³/mol. The van der Waals surface area contributed by atoms with Crippen LogP contribution >= 0.6 is 0 Å². The van der Waals surface area contributed by atoms with E-state index in [4.69, 9.17) is 4.74 Å². The molecule has 7 heteroatoms. The zero-order valence-corrected chi connectivity index (χ0v) is 18.2. The molecule has 1 amide bonds. The van der Waals surface area contributed by atoms with E-state index in [2.05, 4.69) is 15.5 Å². The number of hydrogen-bond acceptors (Lipinski definition) is 5. The smallest absolute Gasteiger partial charge is 0.255 e. The molecule has 0 aliphatic carbocycles. The van der Waals surface area contributed by atoms with Crippen LogP contribution in [0.1, 0.15) is 38.8 Å². The fourth-order valence-corrected chi connectivity index (χ4v) is 3.74. The number of H-pyrrole nitrogens is 1. The maximum Gasteiger partial charge on any atom is 0.255 e. The van der Waals surface area contributed by atoms with E-state index in [1.54, 1.807) is 12.1 Å². The number of carbonyl (C=O) groups is 1. The number of aliphatic hydroxyl groups excluding tert-OH is 2. The van der Waals surface area contributed by atoms with Crippen LogP contribution in [-0.2, 0) is 6.61 Å². The maximum atomic E-state index is 13.1. The molecular formula is C26H25N3O4. The Balaban J connectivity index is 1.67. The van der Waals surface area contributed by atoms with E-state index in [9.17, 15) is 15.0 Å². The monoisotopic (exact) mass is 443 g/mol. The number of ether oxygens (including phenoxy) is 1. The van der Waals surface area contributed by atoms with Crippen LogP contribution in [0.15, 0.2) is 66.7 Å². The maximum absolute atomic E-state index is 13.1. The molecule has 0 saturated carbocycles. The highest BCUT2D eigenvalue weighted by atomic mass is 16.5. The van der Waals surface area contributed by atoms with Crippen LogP contribution in [-0.4, -0.2) is 40.0 Å². The number of nitrogens with one attached hydrogen (secondary N) is 2. The van der Waals surface area contributed by atoms with Crippen molar-refractivity contribution >= 4 is 29.0 Å². The third-order valence-electron chi connectivity index (χ3n) is 5.42. The van der Waals surface area contributed by atoms with E-state index in [0.29, 0.717) is 22.4 Å². The zero-order chi connectivity index (χ0) is 23.2. The Kier molecular flexibility index (Phi) is 6.83. The SMILES string of the molecule is COc1c(C(=O)N[C@H](CO)c2ccccc2)ccc2[nH]nc(/C=C/c3cccc(CO)c3)c12. The number of benzene rings is 3. The summed E-state index contributed by atoms with van der Waals surface area (Å²) in [6.07, 6.45) is 3.72. The number of aliphatic hydroxyl groups is 2. The Labute approximate surface area is 191 Å². The molecule has 0 fully saturated rings. The average molecular weight is 444 g/mol. The van der Waals surface area contributed by atoms with Gasteiger partial charge < -0.3 is 20.3 Å². The van der Waals surface area contributed by atoms with Gasteiger partial charge in [0.1, 0.15) is 5.75 Å². The van der Waals surface area contributed by atoms with Crippen LogP contribution in [0.2, 0.25) is 0 Å². The van der Waals surface area contributed by atoms with Gasteiger partial charge in [0.25, 0.3) is 5.91 Å². The molecule has 4 aromatic rings. The third kappa shape index (κ3) is 4.79. The van der Waals surface area contributed by atoms with E-state index >= 15 is 0 Å². The molecular weight excluding hydrogens is 418 g/mol. The summed E-state index contributed by atoms with van der Waals surface area (Å²) in [5, 5.41) is 30.1. The Morgan fingerprint density at radius 2 is 1.91 bits per heavy atom. The summed E-state index contributed by atoms with van der Waals surface area (Å²) in [5.74, 6) is 0.0377. The Morgan fingerprint density at radius 3 is 2.64 bits per heavy atom. The van der Waals surface area contributed by atoms with Crippen molar-refractivity contribution in [3.05, 3.63) is 94.7 Å². The molecule has 0 unspecified atom stereocenters. The van der Waals surface area contributed by atoms with Crippen LogP contribution in [0, 0.1) is 0 Å². The minimum Gasteiger partial charge on any atom is -0.495 e. The van der Waals surface area contributed by atoms with Crippen molar-refractivity contribution in [2.45, 2.75) is 12.6 Å². The Hall–Kier alpha value is -3.94. The number of hydrogen-bond donors (Lipinski definition) is 4. The second kappa shape index (κ2) is 10.1. The summed E-state index contributed by atoms with van der Waals surface area (Å²) in [4.78, 5) is 13.1. The van der Waals surface area contributed by atoms with Crippen molar-refractivity contribution in [1.82, 2.24) is 15.5 Å². The van der Waals surface area contributed by atoms with Gasteiger partial charge in [0.15, 0.2) is 0 Å². The summed E-state index contributed by atoms with van der Waals surface area (Å²) in [7, 11) is 1.51. The van der Waals surface area contributed by atoms with Crippen molar-refractivity contribution in [2.75, 3.05) is 13.7 Å². The molecule has 0 aliphatic heterocycles. The van der Waals surface area contributed by atoms with Crippen LogP contribution < -0.4 is 10.1 Å². The molecule has 3 aromatic carbocycles. The summed E-state index contributed by atoms with van der Waals surface area (Å²) >= 11 is 0. The second-order valence-electron chi connectivity index (χ2n) is 7.53. The summed E-state index contributed by atoms with van der Waals surface area (Å²) in [6, 6.07) is 19.8. The van der Waals surface area contributed by atoms with E-state index in [1.165, 1.54) is 7.11 Å². The van der Waals surface area contributed by atoms with Crippen LogP contribution in [0.25, 0.3) is 23.1 Å². The van der Waals surface area contributed by atoms with E-state index in [1.807, 2.05) is 66.7 Å². The van der Waals surface area contributed by atoms with Gasteiger partial charge in [-0.25, -0.2) is 0 Å². The number of carbonyl (C=O) groups excluding carboxylic acids is 1. The number of aromatic amines is 1. The predicted octanol–water partition coefficient (Wildman–Crippen LogP) is 3.70. The minimum absolute atomic E-state index is 0.0306. The molecule has 0 bridgehead atoms. The van der Waals surface area contributed by atoms with E-state index < -0.39 is 6.04 Å². The molecule has 4 rings (SSSR count). The van der Waals surface area contributed by atoms with Gasteiger partial charge in [-0.2, -0.15) is 5.10 Å². The van der Waals surface area contributed by atoms with Crippen molar-refractivity contribution in [1.29, 1.82) is 0 Å². The van der Waals surface area contributed by atoms with E-state index in [-0.39, 0.29) is 19.1 Å². The Morgan fingerprint density at radius 1 is 1.09 bits per heavy atom. The second-order valence-corrected chi connectivity index (χ2v) is 7.53. The number of fused-ring (bicyclic) bond motifs is 1. The zero-order valence-electron chi connectivity index (χ0n) is 18.2. The molecule has 1 aromatic heterocycles. The van der Waals surface area contributed by atoms with E-state index in [0.717, 1.165) is 22.2 Å². The number of rotatable bonds is 8. The number of amides is 1. The van der Waals surface area contributed by atoms with Gasteiger partial charge in [0, 0.05) is 0 Å². The normalized spacial score (nSPS) is 12.2. The lowest BCUT2D eigenvalue weighted by Gasteiger charge is -2.18. The van der Waals surface area contributed by atoms with Crippen molar-refractivity contribution in [3.63, 3.8) is 0 Å². The average Bonchev–Trinajstić information content (AvgIpc) is 3.29. The highest BCUT2D eigenvalue weighted by Gasteiger charge is 2.21. The largest absolute Gasteiger partial charge is 0.495 e. The number of aromatic nitrogens is 2. The fourth-order valence-electron chi connectivity index (χ4n) is 3.74. The molecule has 1 heterocycles. The van der Waals surface area contributed by atoms with Crippen molar-refractivity contribution in [2.24, 2.45) is 0 Å². The van der Waals surface area contributed by atoms with Crippen LogP contribution in [0.5, 0.6) is 5.75 Å². The topological polar surface area (TPSA) is 107 Å². The summed E-state index contributed by atoms with van der Waals surface area (Å²) in [6.45, 7) is -0.260. The molecule has 0 aliphatic rings. The highest BCUT2D eigenvalue weighted by molar-refractivity contribution is 6.05. The van der Waals surface area contributed by atoms with Gasteiger partial charge in [-0.1, -0.05) is 54.6 Å². The first-order chi connectivity index (χ1) is 16.1. The van der Waals surface area contributed by atoms with Gasteiger partial charge in [0.2, 0.25) is 0 Å². The van der Waals surface area contributed by atoms with Gasteiger partial charge >= 0.3 is 0 Å². The van der Waals surface area contributed by atoms with Crippen molar-refractivity contribution < 1.29 is 19.7 Å². The summed E-state index contributed by atoms with van der Waals surface area (Å²) in [5.41, 5.74) is 4.24. The third-order valence-corrected chi connectivity index (χ3v) is 5.42. The first-order valence-corrected chi connectivity index (χ1v) is 10.5. The van der Waals surface area contributed by atoms with Gasteiger partial charge in [0.05, 0.1) is 48.5 Å². The lowest BCUT2D eigenvalue weighted by Crippen LogP contribution is -2.31. The Bertz CT molecular complexity index is 1280. The number of methoxy groups -OCH3 is 1. The molecule has 0 spiro atoms. The molecule has 7 nitrogen and oxygen atoms in total. The van der Waals surface area contributed by atoms with Gasteiger partial charge in [-0.15, -0.1) is 0 Å². The van der Waals surface area contributed by atoms with Crippen LogP contribution in [0.4, 0.5) is 0 Å². The molecule has 33 heavy (non-hydrogen) atoms. The van der Waals surface area contributed by atoms with Crippen molar-refractivity contribution in [3.8, 4) is 5.75 Å². The minimum atomic E-state index is -0.540. The lowest BCUT2D eigenvalue weighted by atomic mass is 10.0. The van der Waals surface area contributed by atoms with Gasteiger partial charge in [-0.05, 0) is 41.0 Å². The number of nitrogens with zero attached hydrogens (tertiary/aromatic N) is 1. The molecule has 168 valence electrons. The quantitative estimate of drug-likeness (QED) is 0.332. The summed E-state index contributed by atoms with van der Waals surface area (Å²) < 4.78 is 5.64. The standard InChI is InChI=1S/C26H25N3O4/c1-33-25-20(26(32)27-23(16-31)19-8-3-2-4-9-19)11-13-22-24(25)21(28-29-22)12-10-17-6-5-7-18(14-17)15-30/h2-14,23,30-31H,15-16H2,1H3,(H,27,32)(H,28,29)/b12-10+/t23-/m1/s1. The van der Waals surface area contributed by atoms with Crippen LogP contribution in [0.3, 0.4) is 0 Å². The van der Waals surface area contributed by atoms with Gasteiger partial charge in [-0.3, -0.25) is 9.89 Å².